The zero-order valence-electron chi connectivity index (χ0n) is 16.9. The van der Waals surface area contributed by atoms with Crippen LogP contribution >= 0.6 is 0 Å². The van der Waals surface area contributed by atoms with Crippen LogP contribution in [0, 0.1) is 0 Å². The molecule has 4 nitrogen and oxygen atoms in total. The van der Waals surface area contributed by atoms with Crippen molar-refractivity contribution < 1.29 is 19.1 Å². The average molecular weight is 367 g/mol. The quantitative estimate of drug-likeness (QED) is 0.136. The molecule has 0 aliphatic heterocycles. The molecule has 0 aliphatic carbocycles. The standard InChI is InChI=1S/C22H38O4/c1-3-4-5-6-7-8-9-10-11-12-13-14-15-16-17-18-21(24)26-22(25)19-20(2)23/h10-11H,3-9,12-19H2,1-2H3/b11-10-. The van der Waals surface area contributed by atoms with Crippen LogP contribution in [0.3, 0.4) is 0 Å². The highest BCUT2D eigenvalue weighted by atomic mass is 16.6. The maximum absolute atomic E-state index is 11.4. The monoisotopic (exact) mass is 366 g/mol. The number of hydrogen-bond acceptors (Lipinski definition) is 4. The van der Waals surface area contributed by atoms with Gasteiger partial charge < -0.3 is 4.74 Å². The van der Waals surface area contributed by atoms with Crippen LogP contribution in [0.15, 0.2) is 12.2 Å². The van der Waals surface area contributed by atoms with E-state index < -0.39 is 11.9 Å². The molecule has 0 aromatic rings. The Morgan fingerprint density at radius 1 is 0.692 bits per heavy atom. The highest BCUT2D eigenvalue weighted by Crippen LogP contribution is 2.10. The fourth-order valence-corrected chi connectivity index (χ4v) is 2.76. The molecule has 0 unspecified atom stereocenters. The van der Waals surface area contributed by atoms with Crippen LogP contribution in [0.4, 0.5) is 0 Å². The maximum atomic E-state index is 11.4. The molecule has 0 aromatic carbocycles. The molecule has 0 radical (unpaired) electrons. The molecule has 0 rings (SSSR count). The third-order valence-corrected chi connectivity index (χ3v) is 4.26. The van der Waals surface area contributed by atoms with Gasteiger partial charge in [-0.3, -0.25) is 14.4 Å². The van der Waals surface area contributed by atoms with E-state index in [2.05, 4.69) is 23.8 Å². The van der Waals surface area contributed by atoms with Gasteiger partial charge in [0, 0.05) is 6.42 Å². The Balaban J connectivity index is 3.32. The summed E-state index contributed by atoms with van der Waals surface area (Å²) in [5, 5.41) is 0. The summed E-state index contributed by atoms with van der Waals surface area (Å²) < 4.78 is 4.57. The molecule has 0 N–H and O–H groups in total. The van der Waals surface area contributed by atoms with E-state index in [-0.39, 0.29) is 18.6 Å². The first-order chi connectivity index (χ1) is 12.6. The second-order valence-corrected chi connectivity index (χ2v) is 7.06. The van der Waals surface area contributed by atoms with Crippen molar-refractivity contribution in [2.24, 2.45) is 0 Å². The van der Waals surface area contributed by atoms with Crippen molar-refractivity contribution in [3.05, 3.63) is 12.2 Å². The van der Waals surface area contributed by atoms with E-state index >= 15 is 0 Å². The van der Waals surface area contributed by atoms with Gasteiger partial charge in [-0.1, -0.05) is 70.4 Å². The topological polar surface area (TPSA) is 60.4 Å². The molecule has 26 heavy (non-hydrogen) atoms. The minimum Gasteiger partial charge on any atom is -0.393 e. The Kier molecular flexibility index (Phi) is 17.3. The van der Waals surface area contributed by atoms with Crippen LogP contribution < -0.4 is 0 Å². The highest BCUT2D eigenvalue weighted by Gasteiger charge is 2.11. The maximum Gasteiger partial charge on any atom is 0.320 e. The first kappa shape index (κ1) is 24.6. The molecule has 4 heteroatoms. The Hall–Kier alpha value is -1.45. The Bertz CT molecular complexity index is 412. The van der Waals surface area contributed by atoms with Crippen molar-refractivity contribution in [2.45, 2.75) is 110 Å². The highest BCUT2D eigenvalue weighted by molar-refractivity contribution is 5.98. The minimum absolute atomic E-state index is 0.252. The van der Waals surface area contributed by atoms with Gasteiger partial charge in [-0.05, 0) is 39.0 Å². The molecule has 0 saturated heterocycles. The van der Waals surface area contributed by atoms with Crippen molar-refractivity contribution in [3.8, 4) is 0 Å². The number of rotatable bonds is 17. The fourth-order valence-electron chi connectivity index (χ4n) is 2.76. The molecule has 0 fully saturated rings. The van der Waals surface area contributed by atoms with Crippen LogP contribution in [0.2, 0.25) is 0 Å². The van der Waals surface area contributed by atoms with Gasteiger partial charge in [0.15, 0.2) is 0 Å². The predicted molar refractivity (Wildman–Crippen MR) is 106 cm³/mol. The van der Waals surface area contributed by atoms with Crippen LogP contribution in [0.25, 0.3) is 0 Å². The summed E-state index contributed by atoms with van der Waals surface area (Å²) in [7, 11) is 0. The second-order valence-electron chi connectivity index (χ2n) is 7.06. The SMILES string of the molecule is CCCCCCCC/C=C\CCCCCCCC(=O)OC(=O)CC(C)=O. The van der Waals surface area contributed by atoms with Crippen molar-refractivity contribution in [1.82, 2.24) is 0 Å². The molecular formula is C22H38O4. The minimum atomic E-state index is -0.741. The molecule has 0 heterocycles. The lowest BCUT2D eigenvalue weighted by Crippen LogP contribution is -2.14. The van der Waals surface area contributed by atoms with E-state index in [0.29, 0.717) is 0 Å². The van der Waals surface area contributed by atoms with E-state index in [1.807, 2.05) is 0 Å². The summed E-state index contributed by atoms with van der Waals surface area (Å²) in [6, 6.07) is 0. The third-order valence-electron chi connectivity index (χ3n) is 4.26. The smallest absolute Gasteiger partial charge is 0.320 e. The summed E-state index contributed by atoms with van der Waals surface area (Å²) in [5.74, 6) is -1.55. The molecule has 0 aromatic heterocycles. The first-order valence-corrected chi connectivity index (χ1v) is 10.4. The molecule has 0 atom stereocenters. The van der Waals surface area contributed by atoms with Gasteiger partial charge in [0.1, 0.15) is 12.2 Å². The number of esters is 2. The summed E-state index contributed by atoms with van der Waals surface area (Å²) in [6.07, 6.45) is 20.1. The van der Waals surface area contributed by atoms with E-state index in [1.165, 1.54) is 64.7 Å². The van der Waals surface area contributed by atoms with E-state index in [4.69, 9.17) is 0 Å². The molecule has 0 amide bonds. The third kappa shape index (κ3) is 18.9. The number of unbranched alkanes of at least 4 members (excludes halogenated alkanes) is 11. The molecule has 0 bridgehead atoms. The average Bonchev–Trinajstić information content (AvgIpc) is 2.57. The summed E-state index contributed by atoms with van der Waals surface area (Å²) in [5.41, 5.74) is 0. The van der Waals surface area contributed by atoms with Crippen molar-refractivity contribution >= 4 is 17.7 Å². The molecule has 150 valence electrons. The second kappa shape index (κ2) is 18.3. The fraction of sp³-hybridized carbons (Fsp3) is 0.773. The van der Waals surface area contributed by atoms with Crippen LogP contribution in [-0.2, 0) is 19.1 Å². The number of hydrogen-bond donors (Lipinski definition) is 0. The van der Waals surface area contributed by atoms with Crippen LogP contribution in [0.1, 0.15) is 110 Å². The van der Waals surface area contributed by atoms with Gasteiger partial charge in [0.05, 0.1) is 0 Å². The van der Waals surface area contributed by atoms with Crippen molar-refractivity contribution in [1.29, 1.82) is 0 Å². The van der Waals surface area contributed by atoms with Crippen LogP contribution in [-0.4, -0.2) is 17.7 Å². The predicted octanol–water partition coefficient (Wildman–Crippen LogP) is 6.07. The zero-order chi connectivity index (χ0) is 19.5. The number of allylic oxidation sites excluding steroid dienone is 2. The Morgan fingerprint density at radius 3 is 1.73 bits per heavy atom. The zero-order valence-corrected chi connectivity index (χ0v) is 16.9. The number of ether oxygens (including phenoxy) is 1. The molecule has 0 spiro atoms. The Labute approximate surface area is 159 Å². The van der Waals surface area contributed by atoms with Gasteiger partial charge in [-0.25, -0.2) is 0 Å². The molecule has 0 aliphatic rings. The van der Waals surface area contributed by atoms with E-state index in [0.717, 1.165) is 25.7 Å². The molecule has 0 saturated carbocycles. The Morgan fingerprint density at radius 2 is 1.19 bits per heavy atom. The lowest BCUT2D eigenvalue weighted by Gasteiger charge is -2.02. The number of Topliss-reactive ketones (excluding diaryl/α,β-unsaturated/α-hetero) is 1. The van der Waals surface area contributed by atoms with Crippen LogP contribution in [0.5, 0.6) is 0 Å². The first-order valence-electron chi connectivity index (χ1n) is 10.4. The van der Waals surface area contributed by atoms with E-state index in [1.54, 1.807) is 0 Å². The van der Waals surface area contributed by atoms with Gasteiger partial charge in [0.25, 0.3) is 0 Å². The largest absolute Gasteiger partial charge is 0.393 e. The van der Waals surface area contributed by atoms with Gasteiger partial charge in [-0.15, -0.1) is 0 Å². The van der Waals surface area contributed by atoms with E-state index in [9.17, 15) is 14.4 Å². The van der Waals surface area contributed by atoms with Gasteiger partial charge >= 0.3 is 11.9 Å². The number of carbonyl (C=O) groups is 3. The van der Waals surface area contributed by atoms with Crippen molar-refractivity contribution in [2.75, 3.05) is 0 Å². The van der Waals surface area contributed by atoms with Crippen molar-refractivity contribution in [3.63, 3.8) is 0 Å². The van der Waals surface area contributed by atoms with Gasteiger partial charge in [-0.2, -0.15) is 0 Å². The summed E-state index contributed by atoms with van der Waals surface area (Å²) >= 11 is 0. The van der Waals surface area contributed by atoms with Gasteiger partial charge in [0.2, 0.25) is 0 Å². The normalized spacial score (nSPS) is 11.0. The summed E-state index contributed by atoms with van der Waals surface area (Å²) in [6.45, 7) is 3.55. The summed E-state index contributed by atoms with van der Waals surface area (Å²) in [4.78, 5) is 33.3. The lowest BCUT2D eigenvalue weighted by atomic mass is 10.1. The number of ketones is 1. The number of carbonyl (C=O) groups excluding carboxylic acids is 3. The lowest BCUT2D eigenvalue weighted by molar-refractivity contribution is -0.160. The molecular weight excluding hydrogens is 328 g/mol.